The van der Waals surface area contributed by atoms with Crippen LogP contribution in [0, 0.1) is 26.7 Å². The van der Waals surface area contributed by atoms with Gasteiger partial charge in [0.05, 0.1) is 14.2 Å². The zero-order valence-electron chi connectivity index (χ0n) is 20.6. The number of carbonyl (C=O) groups is 2. The standard InChI is InChI=1S/C28H32N2O4/c1-15-8-16(2)25(17(3)9-15)29-27(31)26-21-12-23(33-4)24(34-5)13-22(21)28(32)30(26)14-18-10-20(11-18)19-6-7-19/h8-9,12-13,18,26H,6-7,10-11,14H2,1-5H3,(H,29,31). The van der Waals surface area contributed by atoms with Crippen LogP contribution in [0.5, 0.6) is 11.5 Å². The summed E-state index contributed by atoms with van der Waals surface area (Å²) in [6, 6.07) is 6.90. The summed E-state index contributed by atoms with van der Waals surface area (Å²) in [5.41, 5.74) is 8.31. The maximum Gasteiger partial charge on any atom is 0.255 e. The Morgan fingerprint density at radius 2 is 1.59 bits per heavy atom. The van der Waals surface area contributed by atoms with E-state index in [1.165, 1.54) is 12.8 Å². The third kappa shape index (κ3) is 3.85. The van der Waals surface area contributed by atoms with Crippen molar-refractivity contribution >= 4 is 17.5 Å². The van der Waals surface area contributed by atoms with Crippen molar-refractivity contribution in [3.63, 3.8) is 0 Å². The molecule has 2 amide bonds. The highest BCUT2D eigenvalue weighted by molar-refractivity contribution is 6.08. The Kier molecular flexibility index (Phi) is 5.62. The molecule has 1 atom stereocenters. The van der Waals surface area contributed by atoms with Gasteiger partial charge < -0.3 is 19.7 Å². The fraction of sp³-hybridized carbons (Fsp3) is 0.429. The van der Waals surface area contributed by atoms with Crippen molar-refractivity contribution in [2.24, 2.45) is 5.92 Å². The number of nitrogens with one attached hydrogen (secondary N) is 1. The summed E-state index contributed by atoms with van der Waals surface area (Å²) >= 11 is 0. The largest absolute Gasteiger partial charge is 0.493 e. The number of fused-ring (bicyclic) bond motifs is 1. The summed E-state index contributed by atoms with van der Waals surface area (Å²) < 4.78 is 10.9. The minimum absolute atomic E-state index is 0.124. The van der Waals surface area contributed by atoms with Crippen LogP contribution in [0.15, 0.2) is 35.4 Å². The first-order valence-corrected chi connectivity index (χ1v) is 12.0. The molecule has 1 heterocycles. The van der Waals surface area contributed by atoms with Crippen LogP contribution in [-0.4, -0.2) is 37.5 Å². The molecule has 34 heavy (non-hydrogen) atoms. The van der Waals surface area contributed by atoms with Crippen LogP contribution in [0.25, 0.3) is 0 Å². The first-order valence-electron chi connectivity index (χ1n) is 12.0. The van der Waals surface area contributed by atoms with Crippen LogP contribution < -0.4 is 14.8 Å². The number of carbonyl (C=O) groups excluding carboxylic acids is 2. The monoisotopic (exact) mass is 460 g/mol. The Hall–Kier alpha value is -3.28. The number of allylic oxidation sites excluding steroid dienone is 2. The molecule has 2 fully saturated rings. The van der Waals surface area contributed by atoms with Crippen LogP contribution in [0.1, 0.15) is 64.3 Å². The SMILES string of the molecule is COc1cc2c(cc1OC)C(C(=O)Nc1c(C)cc(C)cc1C)N(CC1CC(=C3CC3)C1)C2=O. The summed E-state index contributed by atoms with van der Waals surface area (Å²) in [7, 11) is 3.12. The molecule has 178 valence electrons. The molecule has 2 aliphatic carbocycles. The van der Waals surface area contributed by atoms with Gasteiger partial charge in [-0.1, -0.05) is 28.8 Å². The topological polar surface area (TPSA) is 67.9 Å². The van der Waals surface area contributed by atoms with Gasteiger partial charge in [-0.05, 0) is 75.6 Å². The van der Waals surface area contributed by atoms with Gasteiger partial charge in [0.1, 0.15) is 6.04 Å². The van der Waals surface area contributed by atoms with Crippen molar-refractivity contribution in [1.82, 2.24) is 4.90 Å². The number of methoxy groups -OCH3 is 2. The summed E-state index contributed by atoms with van der Waals surface area (Å²) in [5, 5.41) is 3.14. The summed E-state index contributed by atoms with van der Waals surface area (Å²) in [6.45, 7) is 6.61. The predicted octanol–water partition coefficient (Wildman–Crippen LogP) is 5.27. The van der Waals surface area contributed by atoms with Crippen molar-refractivity contribution in [2.45, 2.75) is 52.5 Å². The zero-order chi connectivity index (χ0) is 24.1. The number of ether oxygens (including phenoxy) is 2. The van der Waals surface area contributed by atoms with Crippen molar-refractivity contribution in [3.05, 3.63) is 63.2 Å². The Balaban J connectivity index is 1.49. The van der Waals surface area contributed by atoms with Gasteiger partial charge in [0.15, 0.2) is 11.5 Å². The molecule has 0 spiro atoms. The number of benzene rings is 2. The fourth-order valence-electron chi connectivity index (χ4n) is 5.53. The van der Waals surface area contributed by atoms with E-state index in [1.54, 1.807) is 42.4 Å². The van der Waals surface area contributed by atoms with Crippen molar-refractivity contribution in [2.75, 3.05) is 26.1 Å². The number of anilines is 1. The highest BCUT2D eigenvalue weighted by Gasteiger charge is 2.44. The number of nitrogens with zero attached hydrogens (tertiary/aromatic N) is 1. The molecule has 1 aliphatic heterocycles. The first-order chi connectivity index (χ1) is 16.3. The van der Waals surface area contributed by atoms with Gasteiger partial charge in [-0.15, -0.1) is 0 Å². The molecule has 0 saturated heterocycles. The Labute approximate surface area is 200 Å². The van der Waals surface area contributed by atoms with E-state index in [4.69, 9.17) is 9.47 Å². The third-order valence-electron chi connectivity index (χ3n) is 7.35. The predicted molar refractivity (Wildman–Crippen MR) is 132 cm³/mol. The number of aryl methyl sites for hydroxylation is 3. The second kappa shape index (κ2) is 8.49. The van der Waals surface area contributed by atoms with E-state index in [2.05, 4.69) is 17.4 Å². The average molecular weight is 461 g/mol. The maximum atomic E-state index is 13.8. The van der Waals surface area contributed by atoms with Crippen LogP contribution in [0.2, 0.25) is 0 Å². The van der Waals surface area contributed by atoms with Crippen LogP contribution in [0.3, 0.4) is 0 Å². The second-order valence-corrected chi connectivity index (χ2v) is 9.90. The Bertz CT molecular complexity index is 1190. The molecule has 2 aromatic rings. The van der Waals surface area contributed by atoms with Gasteiger partial charge in [-0.2, -0.15) is 0 Å². The molecule has 2 saturated carbocycles. The third-order valence-corrected chi connectivity index (χ3v) is 7.35. The highest BCUT2D eigenvalue weighted by atomic mass is 16.5. The fourth-order valence-corrected chi connectivity index (χ4v) is 5.53. The number of rotatable bonds is 6. The van der Waals surface area contributed by atoms with Crippen molar-refractivity contribution < 1.29 is 19.1 Å². The van der Waals surface area contributed by atoms with Gasteiger partial charge in [0.2, 0.25) is 0 Å². The number of hydrogen-bond acceptors (Lipinski definition) is 4. The lowest BCUT2D eigenvalue weighted by atomic mass is 9.79. The molecule has 6 heteroatoms. The van der Waals surface area contributed by atoms with E-state index in [0.717, 1.165) is 35.2 Å². The minimum atomic E-state index is -0.708. The van der Waals surface area contributed by atoms with Gasteiger partial charge in [0, 0.05) is 23.4 Å². The van der Waals surface area contributed by atoms with Gasteiger partial charge in [-0.3, -0.25) is 9.59 Å². The number of amides is 2. The normalized spacial score (nSPS) is 20.7. The van der Waals surface area contributed by atoms with Crippen LogP contribution >= 0.6 is 0 Å². The molecule has 2 aromatic carbocycles. The smallest absolute Gasteiger partial charge is 0.255 e. The maximum absolute atomic E-state index is 13.8. The molecule has 1 unspecified atom stereocenters. The summed E-state index contributed by atoms with van der Waals surface area (Å²) in [5.74, 6) is 1.07. The van der Waals surface area contributed by atoms with Gasteiger partial charge in [-0.25, -0.2) is 0 Å². The van der Waals surface area contributed by atoms with Gasteiger partial charge in [0.25, 0.3) is 11.8 Å². The highest BCUT2D eigenvalue weighted by Crippen LogP contribution is 2.47. The van der Waals surface area contributed by atoms with E-state index in [-0.39, 0.29) is 11.8 Å². The zero-order valence-corrected chi connectivity index (χ0v) is 20.6. The molecule has 1 N–H and O–H groups in total. The molecule has 5 rings (SSSR count). The van der Waals surface area contributed by atoms with Crippen LogP contribution in [0.4, 0.5) is 5.69 Å². The van der Waals surface area contributed by atoms with E-state index in [0.29, 0.717) is 35.1 Å². The molecule has 6 nitrogen and oxygen atoms in total. The van der Waals surface area contributed by atoms with Crippen LogP contribution in [-0.2, 0) is 4.79 Å². The summed E-state index contributed by atoms with van der Waals surface area (Å²) in [4.78, 5) is 29.1. The lowest BCUT2D eigenvalue weighted by molar-refractivity contribution is -0.120. The number of hydrogen-bond donors (Lipinski definition) is 1. The molecule has 0 bridgehead atoms. The average Bonchev–Trinajstić information content (AvgIpc) is 3.57. The Morgan fingerprint density at radius 1 is 0.971 bits per heavy atom. The van der Waals surface area contributed by atoms with E-state index < -0.39 is 6.04 Å². The quantitative estimate of drug-likeness (QED) is 0.597. The van der Waals surface area contributed by atoms with E-state index in [1.807, 2.05) is 20.8 Å². The molecule has 0 radical (unpaired) electrons. The molecule has 3 aliphatic rings. The summed E-state index contributed by atoms with van der Waals surface area (Å²) in [6.07, 6.45) is 4.53. The first kappa shape index (κ1) is 22.5. The van der Waals surface area contributed by atoms with Crippen molar-refractivity contribution in [3.8, 4) is 11.5 Å². The van der Waals surface area contributed by atoms with E-state index >= 15 is 0 Å². The molecular formula is C28H32N2O4. The molecule has 0 aromatic heterocycles. The molecular weight excluding hydrogens is 428 g/mol. The van der Waals surface area contributed by atoms with Gasteiger partial charge >= 0.3 is 0 Å². The minimum Gasteiger partial charge on any atom is -0.493 e. The Morgan fingerprint density at radius 3 is 2.18 bits per heavy atom. The van der Waals surface area contributed by atoms with Crippen molar-refractivity contribution in [1.29, 1.82) is 0 Å². The lowest BCUT2D eigenvalue weighted by Gasteiger charge is -2.35. The second-order valence-electron chi connectivity index (χ2n) is 9.90. The lowest BCUT2D eigenvalue weighted by Crippen LogP contribution is -2.40. The van der Waals surface area contributed by atoms with E-state index in [9.17, 15) is 9.59 Å².